The Kier molecular flexibility index (Phi) is 7.37. The molecule has 0 radical (unpaired) electrons. The zero-order valence-electron chi connectivity index (χ0n) is 11.7. The van der Waals surface area contributed by atoms with Gasteiger partial charge >= 0.3 is 0 Å². The first-order chi connectivity index (χ1) is 8.77. The molecule has 1 rings (SSSR count). The van der Waals surface area contributed by atoms with Crippen LogP contribution in [0, 0.1) is 6.92 Å². The van der Waals surface area contributed by atoms with Crippen LogP contribution in [0.1, 0.15) is 31.0 Å². The maximum absolute atomic E-state index is 5.75. The first-order valence-corrected chi connectivity index (χ1v) is 6.58. The van der Waals surface area contributed by atoms with Gasteiger partial charge in [-0.05, 0) is 20.4 Å². The van der Waals surface area contributed by atoms with Gasteiger partial charge in [0.25, 0.3) is 0 Å². The molecule has 0 saturated carbocycles. The van der Waals surface area contributed by atoms with E-state index in [2.05, 4.69) is 17.2 Å². The molecule has 4 heteroatoms. The van der Waals surface area contributed by atoms with Crippen LogP contribution in [0.4, 0.5) is 0 Å². The van der Waals surface area contributed by atoms with E-state index < -0.39 is 0 Å². The molecule has 0 aliphatic rings. The molecule has 0 atom stereocenters. The molecule has 4 nitrogen and oxygen atoms in total. The largest absolute Gasteiger partial charge is 0.491 e. The lowest BCUT2D eigenvalue weighted by molar-refractivity contribution is 0.0976. The SMILES string of the molecule is CCCCOCCOc1cc(C)ncc1CNC. The molecule has 0 bridgehead atoms. The second-order valence-corrected chi connectivity index (χ2v) is 4.28. The van der Waals surface area contributed by atoms with Crippen molar-refractivity contribution in [2.24, 2.45) is 0 Å². The summed E-state index contributed by atoms with van der Waals surface area (Å²) in [6.07, 6.45) is 4.13. The Morgan fingerprint density at radius 2 is 2.11 bits per heavy atom. The molecule has 0 fully saturated rings. The number of hydrogen-bond acceptors (Lipinski definition) is 4. The third-order valence-corrected chi connectivity index (χ3v) is 2.58. The van der Waals surface area contributed by atoms with E-state index in [-0.39, 0.29) is 0 Å². The quantitative estimate of drug-likeness (QED) is 0.685. The van der Waals surface area contributed by atoms with Crippen LogP contribution in [-0.4, -0.2) is 31.9 Å². The summed E-state index contributed by atoms with van der Waals surface area (Å²) in [6, 6.07) is 1.97. The highest BCUT2D eigenvalue weighted by Gasteiger charge is 2.04. The van der Waals surface area contributed by atoms with Crippen molar-refractivity contribution in [3.8, 4) is 5.75 Å². The number of pyridine rings is 1. The summed E-state index contributed by atoms with van der Waals surface area (Å²) >= 11 is 0. The molecule has 0 saturated heterocycles. The van der Waals surface area contributed by atoms with Gasteiger partial charge in [-0.1, -0.05) is 13.3 Å². The molecule has 102 valence electrons. The number of ether oxygens (including phenoxy) is 2. The number of aryl methyl sites for hydroxylation is 1. The minimum absolute atomic E-state index is 0.587. The third kappa shape index (κ3) is 5.47. The molecule has 0 unspecified atom stereocenters. The van der Waals surface area contributed by atoms with Crippen LogP contribution in [0.5, 0.6) is 5.75 Å². The Morgan fingerprint density at radius 1 is 1.28 bits per heavy atom. The van der Waals surface area contributed by atoms with E-state index in [0.717, 1.165) is 43.0 Å². The molecule has 18 heavy (non-hydrogen) atoms. The van der Waals surface area contributed by atoms with E-state index in [1.54, 1.807) is 0 Å². The van der Waals surface area contributed by atoms with Crippen LogP contribution in [0.25, 0.3) is 0 Å². The number of aromatic nitrogens is 1. The van der Waals surface area contributed by atoms with E-state index >= 15 is 0 Å². The fraction of sp³-hybridized carbons (Fsp3) is 0.643. The van der Waals surface area contributed by atoms with Gasteiger partial charge in [-0.15, -0.1) is 0 Å². The minimum Gasteiger partial charge on any atom is -0.491 e. The number of unbranched alkanes of at least 4 members (excludes halogenated alkanes) is 1. The van der Waals surface area contributed by atoms with Gasteiger partial charge in [0.2, 0.25) is 0 Å². The lowest BCUT2D eigenvalue weighted by Crippen LogP contribution is -2.12. The normalized spacial score (nSPS) is 10.6. The van der Waals surface area contributed by atoms with Gasteiger partial charge in [0.05, 0.1) is 6.61 Å². The molecule has 1 aromatic heterocycles. The highest BCUT2D eigenvalue weighted by Crippen LogP contribution is 2.18. The molecule has 0 spiro atoms. The Balaban J connectivity index is 2.37. The highest BCUT2D eigenvalue weighted by atomic mass is 16.5. The highest BCUT2D eigenvalue weighted by molar-refractivity contribution is 5.32. The van der Waals surface area contributed by atoms with E-state index in [0.29, 0.717) is 13.2 Å². The molecule has 0 aliphatic heterocycles. The van der Waals surface area contributed by atoms with E-state index in [4.69, 9.17) is 9.47 Å². The van der Waals surface area contributed by atoms with Crippen molar-refractivity contribution in [2.75, 3.05) is 26.9 Å². The minimum atomic E-state index is 0.587. The topological polar surface area (TPSA) is 43.4 Å². The first-order valence-electron chi connectivity index (χ1n) is 6.58. The van der Waals surface area contributed by atoms with Crippen LogP contribution in [0.3, 0.4) is 0 Å². The summed E-state index contributed by atoms with van der Waals surface area (Å²) in [5.74, 6) is 0.899. The molecule has 1 aromatic rings. The predicted molar refractivity (Wildman–Crippen MR) is 73.0 cm³/mol. The average Bonchev–Trinajstić information content (AvgIpc) is 2.37. The Morgan fingerprint density at radius 3 is 2.83 bits per heavy atom. The number of nitrogens with one attached hydrogen (secondary N) is 1. The van der Waals surface area contributed by atoms with Gasteiger partial charge < -0.3 is 14.8 Å². The predicted octanol–water partition coefficient (Wildman–Crippen LogP) is 2.30. The molecule has 1 heterocycles. The van der Waals surface area contributed by atoms with Crippen molar-refractivity contribution < 1.29 is 9.47 Å². The summed E-state index contributed by atoms with van der Waals surface area (Å²) in [5, 5.41) is 3.11. The third-order valence-electron chi connectivity index (χ3n) is 2.58. The van der Waals surface area contributed by atoms with Gasteiger partial charge in [0, 0.05) is 36.7 Å². The maximum Gasteiger partial charge on any atom is 0.127 e. The fourth-order valence-electron chi connectivity index (χ4n) is 1.58. The maximum atomic E-state index is 5.75. The van der Waals surface area contributed by atoms with Crippen LogP contribution in [-0.2, 0) is 11.3 Å². The molecular weight excluding hydrogens is 228 g/mol. The lowest BCUT2D eigenvalue weighted by atomic mass is 10.2. The average molecular weight is 252 g/mol. The van der Waals surface area contributed by atoms with Gasteiger partial charge in [-0.2, -0.15) is 0 Å². The number of rotatable bonds is 9. The summed E-state index contributed by atoms with van der Waals surface area (Å²) in [4.78, 5) is 4.28. The molecule has 0 amide bonds. The van der Waals surface area contributed by atoms with Gasteiger partial charge in [0.1, 0.15) is 12.4 Å². The summed E-state index contributed by atoms with van der Waals surface area (Å²) < 4.78 is 11.2. The van der Waals surface area contributed by atoms with Crippen molar-refractivity contribution in [1.82, 2.24) is 10.3 Å². The standard InChI is InChI=1S/C14H24N2O2/c1-4-5-6-17-7-8-18-14-9-12(2)16-11-13(14)10-15-3/h9,11,15H,4-8,10H2,1-3H3. The lowest BCUT2D eigenvalue weighted by Gasteiger charge is -2.12. The molecule has 0 aliphatic carbocycles. The van der Waals surface area contributed by atoms with Gasteiger partial charge in [0.15, 0.2) is 0 Å². The Labute approximate surface area is 110 Å². The van der Waals surface area contributed by atoms with Crippen LogP contribution in [0.15, 0.2) is 12.3 Å². The van der Waals surface area contributed by atoms with Gasteiger partial charge in [-0.3, -0.25) is 4.98 Å². The summed E-state index contributed by atoms with van der Waals surface area (Å²) in [5.41, 5.74) is 2.05. The second kappa shape index (κ2) is 8.89. The zero-order valence-corrected chi connectivity index (χ0v) is 11.7. The van der Waals surface area contributed by atoms with Crippen molar-refractivity contribution in [2.45, 2.75) is 33.2 Å². The van der Waals surface area contributed by atoms with Gasteiger partial charge in [-0.25, -0.2) is 0 Å². The van der Waals surface area contributed by atoms with E-state index in [1.807, 2.05) is 26.2 Å². The molecule has 0 aromatic carbocycles. The smallest absolute Gasteiger partial charge is 0.127 e. The van der Waals surface area contributed by atoms with Crippen LogP contribution >= 0.6 is 0 Å². The van der Waals surface area contributed by atoms with E-state index in [9.17, 15) is 0 Å². The van der Waals surface area contributed by atoms with Crippen molar-refractivity contribution >= 4 is 0 Å². The summed E-state index contributed by atoms with van der Waals surface area (Å²) in [6.45, 7) is 6.93. The van der Waals surface area contributed by atoms with Crippen molar-refractivity contribution in [1.29, 1.82) is 0 Å². The van der Waals surface area contributed by atoms with Crippen molar-refractivity contribution in [3.05, 3.63) is 23.5 Å². The Bertz CT molecular complexity index is 343. The molecule has 1 N–H and O–H groups in total. The zero-order chi connectivity index (χ0) is 13.2. The number of nitrogens with zero attached hydrogens (tertiary/aromatic N) is 1. The fourth-order valence-corrected chi connectivity index (χ4v) is 1.58. The number of hydrogen-bond donors (Lipinski definition) is 1. The van der Waals surface area contributed by atoms with Crippen LogP contribution in [0.2, 0.25) is 0 Å². The van der Waals surface area contributed by atoms with Crippen LogP contribution < -0.4 is 10.1 Å². The first kappa shape index (κ1) is 14.9. The Hall–Kier alpha value is -1.13. The van der Waals surface area contributed by atoms with E-state index in [1.165, 1.54) is 0 Å². The summed E-state index contributed by atoms with van der Waals surface area (Å²) in [7, 11) is 1.91. The molecular formula is C14H24N2O2. The monoisotopic (exact) mass is 252 g/mol. The van der Waals surface area contributed by atoms with Crippen molar-refractivity contribution in [3.63, 3.8) is 0 Å². The second-order valence-electron chi connectivity index (χ2n) is 4.28.